The summed E-state index contributed by atoms with van der Waals surface area (Å²) in [7, 11) is 4.48. The van der Waals surface area contributed by atoms with Gasteiger partial charge < -0.3 is 14.9 Å². The maximum atomic E-state index is 11.3. The average molecular weight is 300 g/mol. The quantitative estimate of drug-likeness (QED) is 0.885. The monoisotopic (exact) mass is 300 g/mol. The van der Waals surface area contributed by atoms with Gasteiger partial charge in [-0.25, -0.2) is 8.42 Å². The van der Waals surface area contributed by atoms with Gasteiger partial charge in [-0.05, 0) is 30.2 Å². The van der Waals surface area contributed by atoms with Crippen molar-refractivity contribution in [3.05, 3.63) is 23.3 Å². The molecule has 0 aliphatic heterocycles. The summed E-state index contributed by atoms with van der Waals surface area (Å²) in [5.41, 5.74) is 3.65. The van der Waals surface area contributed by atoms with Crippen LogP contribution in [0.15, 0.2) is 12.1 Å². The van der Waals surface area contributed by atoms with E-state index in [1.165, 1.54) is 0 Å². The van der Waals surface area contributed by atoms with E-state index in [-0.39, 0.29) is 5.75 Å². The summed E-state index contributed by atoms with van der Waals surface area (Å²) < 4.78 is 22.7. The molecule has 1 N–H and O–H groups in total. The van der Waals surface area contributed by atoms with Gasteiger partial charge in [0.25, 0.3) is 0 Å². The number of aliphatic hydroxyl groups is 1. The highest BCUT2D eigenvalue weighted by Crippen LogP contribution is 2.32. The summed E-state index contributed by atoms with van der Waals surface area (Å²) in [5.74, 6) is -0.268. The molecule has 0 radical (unpaired) electrons. The van der Waals surface area contributed by atoms with Crippen LogP contribution >= 0.6 is 0 Å². The van der Waals surface area contributed by atoms with Gasteiger partial charge in [0.05, 0.1) is 11.9 Å². The van der Waals surface area contributed by atoms with E-state index in [2.05, 4.69) is 0 Å². The highest BCUT2D eigenvalue weighted by atomic mass is 32.2. The van der Waals surface area contributed by atoms with Crippen LogP contribution in [0.25, 0.3) is 0 Å². The van der Waals surface area contributed by atoms with E-state index < -0.39 is 15.9 Å². The molecule has 5 nitrogen and oxygen atoms in total. The molecule has 0 aliphatic carbocycles. The van der Waals surface area contributed by atoms with Crippen molar-refractivity contribution in [1.29, 1.82) is 0 Å². The Bertz CT molecular complexity index is 551. The highest BCUT2D eigenvalue weighted by Gasteiger charge is 2.18. The maximum Gasteiger partial charge on any atom is 0.150 e. The molecule has 1 unspecified atom stereocenters. The smallest absolute Gasteiger partial charge is 0.150 e. The molecule has 0 spiro atoms. The molecule has 1 atom stereocenters. The average Bonchev–Trinajstić information content (AvgIpc) is 2.25. The van der Waals surface area contributed by atoms with Crippen molar-refractivity contribution in [3.63, 3.8) is 0 Å². The van der Waals surface area contributed by atoms with Crippen molar-refractivity contribution >= 4 is 21.2 Å². The Labute approximate surface area is 121 Å². The third kappa shape index (κ3) is 4.11. The SMILES string of the molecule is Cc1c(N(C)C)cc(C(O)CS(C)(=O)=O)cc1N(C)C. The summed E-state index contributed by atoms with van der Waals surface area (Å²) in [6.07, 6.45) is 0.118. The van der Waals surface area contributed by atoms with Crippen LogP contribution in [0.5, 0.6) is 0 Å². The lowest BCUT2D eigenvalue weighted by atomic mass is 10.0. The molecule has 0 heterocycles. The first-order valence-corrected chi connectivity index (χ1v) is 8.44. The molecular formula is C14H24N2O3S. The lowest BCUT2D eigenvalue weighted by molar-refractivity contribution is 0.202. The van der Waals surface area contributed by atoms with E-state index in [0.717, 1.165) is 23.2 Å². The molecule has 114 valence electrons. The molecule has 20 heavy (non-hydrogen) atoms. The summed E-state index contributed by atoms with van der Waals surface area (Å²) in [4.78, 5) is 3.91. The molecular weight excluding hydrogens is 276 g/mol. The van der Waals surface area contributed by atoms with Crippen molar-refractivity contribution < 1.29 is 13.5 Å². The first-order valence-electron chi connectivity index (χ1n) is 6.38. The van der Waals surface area contributed by atoms with E-state index in [0.29, 0.717) is 5.56 Å². The maximum absolute atomic E-state index is 11.3. The standard InChI is InChI=1S/C14H24N2O3S/c1-10-12(15(2)3)7-11(8-13(10)16(4)5)14(17)9-20(6,18)19/h7-8,14,17H,9H2,1-6H3. The number of hydrogen-bond donors (Lipinski definition) is 1. The Morgan fingerprint density at radius 2 is 1.50 bits per heavy atom. The molecule has 1 rings (SSSR count). The van der Waals surface area contributed by atoms with Gasteiger partial charge in [-0.2, -0.15) is 0 Å². The van der Waals surface area contributed by atoms with Crippen molar-refractivity contribution in [3.8, 4) is 0 Å². The van der Waals surface area contributed by atoms with Crippen LogP contribution in [0.2, 0.25) is 0 Å². The van der Waals surface area contributed by atoms with Crippen molar-refractivity contribution in [1.82, 2.24) is 0 Å². The Kier molecular flexibility index (Phi) is 5.05. The predicted octanol–water partition coefficient (Wildman–Crippen LogP) is 1.21. The first kappa shape index (κ1) is 16.8. The Morgan fingerprint density at radius 3 is 1.80 bits per heavy atom. The lowest BCUT2D eigenvalue weighted by Crippen LogP contribution is -2.18. The third-order valence-electron chi connectivity index (χ3n) is 3.18. The van der Waals surface area contributed by atoms with Crippen molar-refractivity contribution in [2.75, 3.05) is 50.0 Å². The van der Waals surface area contributed by atoms with E-state index in [4.69, 9.17) is 0 Å². The minimum absolute atomic E-state index is 0.268. The summed E-state index contributed by atoms with van der Waals surface area (Å²) >= 11 is 0. The number of sulfone groups is 1. The topological polar surface area (TPSA) is 60.9 Å². The van der Waals surface area contributed by atoms with Gasteiger partial charge in [-0.15, -0.1) is 0 Å². The first-order chi connectivity index (χ1) is 9.03. The largest absolute Gasteiger partial charge is 0.387 e. The molecule has 0 aromatic heterocycles. The number of anilines is 2. The van der Waals surface area contributed by atoms with Gasteiger partial charge in [0.1, 0.15) is 9.84 Å². The minimum atomic E-state index is -3.23. The fourth-order valence-corrected chi connectivity index (χ4v) is 2.98. The van der Waals surface area contributed by atoms with E-state index in [9.17, 15) is 13.5 Å². The number of nitrogens with zero attached hydrogens (tertiary/aromatic N) is 2. The molecule has 0 aliphatic rings. The Hall–Kier alpha value is -1.27. The normalized spacial score (nSPS) is 13.2. The van der Waals surface area contributed by atoms with Gasteiger partial charge in [0, 0.05) is 45.8 Å². The van der Waals surface area contributed by atoms with Crippen LogP contribution in [0.3, 0.4) is 0 Å². The number of rotatable bonds is 5. The number of benzene rings is 1. The van der Waals surface area contributed by atoms with Crippen molar-refractivity contribution in [2.24, 2.45) is 0 Å². The van der Waals surface area contributed by atoms with Crippen LogP contribution in [0, 0.1) is 6.92 Å². The second-order valence-electron chi connectivity index (χ2n) is 5.58. The molecule has 1 aromatic rings. The molecule has 0 fully saturated rings. The summed E-state index contributed by atoms with van der Waals surface area (Å²) in [6, 6.07) is 3.69. The fourth-order valence-electron chi connectivity index (χ4n) is 2.21. The van der Waals surface area contributed by atoms with Gasteiger partial charge >= 0.3 is 0 Å². The highest BCUT2D eigenvalue weighted by molar-refractivity contribution is 7.90. The van der Waals surface area contributed by atoms with E-state index in [1.54, 1.807) is 0 Å². The van der Waals surface area contributed by atoms with Crippen LogP contribution in [-0.2, 0) is 9.84 Å². The molecule has 1 aromatic carbocycles. The second kappa shape index (κ2) is 6.01. The van der Waals surface area contributed by atoms with Gasteiger partial charge in [0.15, 0.2) is 0 Å². The molecule has 0 saturated heterocycles. The Balaban J connectivity index is 3.34. The molecule has 0 amide bonds. The molecule has 0 saturated carbocycles. The van der Waals surface area contributed by atoms with E-state index in [1.807, 2.05) is 57.0 Å². The third-order valence-corrected chi connectivity index (χ3v) is 4.11. The van der Waals surface area contributed by atoms with Crippen LogP contribution in [0.4, 0.5) is 11.4 Å². The Morgan fingerprint density at radius 1 is 1.10 bits per heavy atom. The van der Waals surface area contributed by atoms with Gasteiger partial charge in [-0.3, -0.25) is 0 Å². The second-order valence-corrected chi connectivity index (χ2v) is 7.77. The summed E-state index contributed by atoms with van der Waals surface area (Å²) in [5, 5.41) is 10.1. The molecule has 0 bridgehead atoms. The van der Waals surface area contributed by atoms with Crippen LogP contribution in [0.1, 0.15) is 17.2 Å². The van der Waals surface area contributed by atoms with Crippen LogP contribution in [-0.4, -0.2) is 53.7 Å². The number of aliphatic hydroxyl groups excluding tert-OH is 1. The minimum Gasteiger partial charge on any atom is -0.387 e. The lowest BCUT2D eigenvalue weighted by Gasteiger charge is -2.25. The summed E-state index contributed by atoms with van der Waals surface area (Å²) in [6.45, 7) is 2.01. The fraction of sp³-hybridized carbons (Fsp3) is 0.571. The van der Waals surface area contributed by atoms with Crippen LogP contribution < -0.4 is 9.80 Å². The zero-order valence-corrected chi connectivity index (χ0v) is 13.8. The van der Waals surface area contributed by atoms with Crippen molar-refractivity contribution in [2.45, 2.75) is 13.0 Å². The van der Waals surface area contributed by atoms with Gasteiger partial charge in [-0.1, -0.05) is 0 Å². The number of hydrogen-bond acceptors (Lipinski definition) is 5. The van der Waals surface area contributed by atoms with E-state index >= 15 is 0 Å². The molecule has 6 heteroatoms. The zero-order chi connectivity index (χ0) is 15.7. The van der Waals surface area contributed by atoms with Gasteiger partial charge in [0.2, 0.25) is 0 Å². The predicted molar refractivity (Wildman–Crippen MR) is 84.5 cm³/mol. The zero-order valence-electron chi connectivity index (χ0n) is 13.0.